The molecule has 0 unspecified atom stereocenters. The standard InChI is InChI=1S/C18H18INO5S/c1-13-5-7-16(8-6-13)26(23,24)10-9-18(22)25-12-17(21)20-15-4-2-3-14(19)11-15/h2-8,11H,9-10,12H2,1H3,(H,20,21). The Kier molecular flexibility index (Phi) is 7.15. The number of carbonyl (C=O) groups is 2. The van der Waals surface area contributed by atoms with Gasteiger partial charge in [-0.15, -0.1) is 0 Å². The molecule has 0 aliphatic heterocycles. The van der Waals surface area contributed by atoms with Gasteiger partial charge in [0.1, 0.15) is 0 Å². The molecule has 0 saturated carbocycles. The van der Waals surface area contributed by atoms with Gasteiger partial charge in [-0.05, 0) is 59.8 Å². The Morgan fingerprint density at radius 1 is 1.12 bits per heavy atom. The molecule has 1 N–H and O–H groups in total. The van der Waals surface area contributed by atoms with E-state index < -0.39 is 28.3 Å². The summed E-state index contributed by atoms with van der Waals surface area (Å²) in [5.74, 6) is -1.59. The van der Waals surface area contributed by atoms with Crippen LogP contribution in [0.2, 0.25) is 0 Å². The van der Waals surface area contributed by atoms with E-state index in [1.165, 1.54) is 12.1 Å². The molecule has 0 radical (unpaired) electrons. The number of carbonyl (C=O) groups excluding carboxylic acids is 2. The smallest absolute Gasteiger partial charge is 0.307 e. The molecule has 26 heavy (non-hydrogen) atoms. The quantitative estimate of drug-likeness (QED) is 0.479. The lowest BCUT2D eigenvalue weighted by Gasteiger charge is -2.07. The lowest BCUT2D eigenvalue weighted by molar-refractivity contribution is -0.146. The molecule has 0 fully saturated rings. The third kappa shape index (κ3) is 6.41. The second-order valence-corrected chi connectivity index (χ2v) is 8.96. The number of ether oxygens (including phenoxy) is 1. The molecule has 2 aromatic carbocycles. The maximum atomic E-state index is 12.2. The Morgan fingerprint density at radius 3 is 2.46 bits per heavy atom. The van der Waals surface area contributed by atoms with Crippen LogP contribution in [0.1, 0.15) is 12.0 Å². The van der Waals surface area contributed by atoms with E-state index in [2.05, 4.69) is 27.9 Å². The van der Waals surface area contributed by atoms with Gasteiger partial charge < -0.3 is 10.1 Å². The van der Waals surface area contributed by atoms with Gasteiger partial charge in [-0.2, -0.15) is 0 Å². The fraction of sp³-hybridized carbons (Fsp3) is 0.222. The second kappa shape index (κ2) is 9.13. The van der Waals surface area contributed by atoms with Crippen LogP contribution < -0.4 is 5.32 Å². The summed E-state index contributed by atoms with van der Waals surface area (Å²) in [4.78, 5) is 23.7. The van der Waals surface area contributed by atoms with Crippen LogP contribution in [-0.4, -0.2) is 32.7 Å². The van der Waals surface area contributed by atoms with E-state index in [0.717, 1.165) is 9.13 Å². The van der Waals surface area contributed by atoms with Crippen molar-refractivity contribution in [2.24, 2.45) is 0 Å². The zero-order valence-corrected chi connectivity index (χ0v) is 17.0. The highest BCUT2D eigenvalue weighted by Crippen LogP contribution is 2.14. The average Bonchev–Trinajstić information content (AvgIpc) is 2.59. The molecule has 6 nitrogen and oxygen atoms in total. The summed E-state index contributed by atoms with van der Waals surface area (Å²) in [5, 5.41) is 2.60. The van der Waals surface area contributed by atoms with Crippen molar-refractivity contribution in [2.75, 3.05) is 17.7 Å². The summed E-state index contributed by atoms with van der Waals surface area (Å²) in [6, 6.07) is 13.6. The van der Waals surface area contributed by atoms with E-state index in [0.29, 0.717) is 5.69 Å². The first-order valence-corrected chi connectivity index (χ1v) is 10.5. The molecule has 0 heterocycles. The van der Waals surface area contributed by atoms with Crippen molar-refractivity contribution in [1.82, 2.24) is 0 Å². The van der Waals surface area contributed by atoms with Crippen molar-refractivity contribution in [3.63, 3.8) is 0 Å². The fourth-order valence-corrected chi connectivity index (χ4v) is 3.83. The summed E-state index contributed by atoms with van der Waals surface area (Å²) in [5.41, 5.74) is 1.54. The van der Waals surface area contributed by atoms with Crippen LogP contribution in [0, 0.1) is 10.5 Å². The van der Waals surface area contributed by atoms with E-state index in [1.54, 1.807) is 30.3 Å². The van der Waals surface area contributed by atoms with Crippen LogP contribution in [0.5, 0.6) is 0 Å². The molecular formula is C18H18INO5S. The molecule has 0 aliphatic carbocycles. The van der Waals surface area contributed by atoms with Crippen LogP contribution in [0.4, 0.5) is 5.69 Å². The third-order valence-corrected chi connectivity index (χ3v) is 5.83. The predicted octanol–water partition coefficient (Wildman–Crippen LogP) is 2.95. The van der Waals surface area contributed by atoms with E-state index in [9.17, 15) is 18.0 Å². The molecule has 0 saturated heterocycles. The van der Waals surface area contributed by atoms with Crippen LogP contribution in [0.25, 0.3) is 0 Å². The fourth-order valence-electron chi connectivity index (χ4n) is 2.06. The van der Waals surface area contributed by atoms with Crippen LogP contribution in [-0.2, 0) is 24.2 Å². The second-order valence-electron chi connectivity index (χ2n) is 5.60. The summed E-state index contributed by atoms with van der Waals surface area (Å²) < 4.78 is 30.1. The molecule has 1 amide bonds. The first kappa shape index (κ1) is 20.4. The van der Waals surface area contributed by atoms with Crippen LogP contribution >= 0.6 is 22.6 Å². The van der Waals surface area contributed by atoms with Gasteiger partial charge in [-0.1, -0.05) is 23.8 Å². The monoisotopic (exact) mass is 487 g/mol. The minimum absolute atomic E-state index is 0.160. The number of nitrogens with one attached hydrogen (secondary N) is 1. The maximum absolute atomic E-state index is 12.2. The van der Waals surface area contributed by atoms with Crippen molar-refractivity contribution in [3.8, 4) is 0 Å². The molecule has 0 atom stereocenters. The molecule has 8 heteroatoms. The number of anilines is 1. The minimum atomic E-state index is -3.57. The van der Waals surface area contributed by atoms with Gasteiger partial charge in [0.15, 0.2) is 16.4 Å². The van der Waals surface area contributed by atoms with Gasteiger partial charge in [0.2, 0.25) is 0 Å². The number of aryl methyl sites for hydroxylation is 1. The van der Waals surface area contributed by atoms with Crippen LogP contribution in [0.3, 0.4) is 0 Å². The zero-order valence-electron chi connectivity index (χ0n) is 14.1. The number of benzene rings is 2. The zero-order chi connectivity index (χ0) is 19.2. The molecule has 0 bridgehead atoms. The predicted molar refractivity (Wildman–Crippen MR) is 107 cm³/mol. The number of rotatable bonds is 7. The first-order chi connectivity index (χ1) is 12.3. The molecule has 0 spiro atoms. The molecule has 0 aromatic heterocycles. The molecule has 2 rings (SSSR count). The summed E-state index contributed by atoms with van der Waals surface area (Å²) >= 11 is 2.12. The SMILES string of the molecule is Cc1ccc(S(=O)(=O)CCC(=O)OCC(=O)Nc2cccc(I)c2)cc1. The number of hydrogen-bond donors (Lipinski definition) is 1. The summed E-state index contributed by atoms with van der Waals surface area (Å²) in [6.07, 6.45) is -0.313. The number of hydrogen-bond acceptors (Lipinski definition) is 5. The molecular weight excluding hydrogens is 469 g/mol. The number of esters is 1. The number of halogens is 1. The van der Waals surface area contributed by atoms with Gasteiger partial charge >= 0.3 is 5.97 Å². The molecule has 2 aromatic rings. The lowest BCUT2D eigenvalue weighted by atomic mass is 10.2. The Labute approximate surface area is 166 Å². The summed E-state index contributed by atoms with van der Waals surface area (Å²) in [7, 11) is -3.57. The maximum Gasteiger partial charge on any atom is 0.307 e. The largest absolute Gasteiger partial charge is 0.456 e. The van der Waals surface area contributed by atoms with E-state index >= 15 is 0 Å². The Hall–Kier alpha value is -1.94. The van der Waals surface area contributed by atoms with Gasteiger partial charge in [0.05, 0.1) is 17.1 Å². The van der Waals surface area contributed by atoms with Gasteiger partial charge in [-0.3, -0.25) is 9.59 Å². The van der Waals surface area contributed by atoms with Crippen molar-refractivity contribution in [2.45, 2.75) is 18.2 Å². The van der Waals surface area contributed by atoms with Gasteiger partial charge in [0.25, 0.3) is 5.91 Å². The van der Waals surface area contributed by atoms with Gasteiger partial charge in [-0.25, -0.2) is 8.42 Å². The lowest BCUT2D eigenvalue weighted by Crippen LogP contribution is -2.22. The van der Waals surface area contributed by atoms with Gasteiger partial charge in [0, 0.05) is 9.26 Å². The van der Waals surface area contributed by atoms with Crippen LogP contribution in [0.15, 0.2) is 53.4 Å². The molecule has 138 valence electrons. The van der Waals surface area contributed by atoms with E-state index in [1.807, 2.05) is 13.0 Å². The number of amides is 1. The topological polar surface area (TPSA) is 89.5 Å². The average molecular weight is 487 g/mol. The van der Waals surface area contributed by atoms with Crippen molar-refractivity contribution < 1.29 is 22.7 Å². The van der Waals surface area contributed by atoms with E-state index in [4.69, 9.17) is 4.74 Å². The Bertz CT molecular complexity index is 894. The first-order valence-electron chi connectivity index (χ1n) is 7.77. The highest BCUT2D eigenvalue weighted by molar-refractivity contribution is 14.1. The number of sulfone groups is 1. The highest BCUT2D eigenvalue weighted by atomic mass is 127. The molecule has 0 aliphatic rings. The van der Waals surface area contributed by atoms with E-state index in [-0.39, 0.29) is 17.1 Å². The Balaban J connectivity index is 1.79. The highest BCUT2D eigenvalue weighted by Gasteiger charge is 2.17. The van der Waals surface area contributed by atoms with Crippen molar-refractivity contribution in [3.05, 3.63) is 57.7 Å². The normalized spacial score (nSPS) is 11.0. The minimum Gasteiger partial charge on any atom is -0.456 e. The third-order valence-electron chi connectivity index (χ3n) is 3.43. The Morgan fingerprint density at radius 2 is 1.81 bits per heavy atom. The van der Waals surface area contributed by atoms with Crippen molar-refractivity contribution in [1.29, 1.82) is 0 Å². The van der Waals surface area contributed by atoms with Crippen molar-refractivity contribution >= 4 is 50.0 Å². The summed E-state index contributed by atoms with van der Waals surface area (Å²) in [6.45, 7) is 1.39.